The van der Waals surface area contributed by atoms with Crippen molar-refractivity contribution in [3.63, 3.8) is 0 Å². The highest BCUT2D eigenvalue weighted by molar-refractivity contribution is 6.17. The monoisotopic (exact) mass is 293 g/mol. The van der Waals surface area contributed by atoms with Crippen LogP contribution in [-0.2, 0) is 12.3 Å². The van der Waals surface area contributed by atoms with Crippen LogP contribution in [0.15, 0.2) is 47.4 Å². The molecule has 5 heteroatoms. The second-order valence-corrected chi connectivity index (χ2v) is 4.81. The van der Waals surface area contributed by atoms with Crippen LogP contribution in [0.2, 0.25) is 0 Å². The highest BCUT2D eigenvalue weighted by Gasteiger charge is 2.16. The summed E-state index contributed by atoms with van der Waals surface area (Å²) in [6.07, 6.45) is 2.15. The third kappa shape index (κ3) is 3.03. The van der Waals surface area contributed by atoms with E-state index in [1.54, 1.807) is 10.8 Å². The van der Waals surface area contributed by atoms with Gasteiger partial charge >= 0.3 is 0 Å². The normalized spacial score (nSPS) is 12.3. The third-order valence-electron chi connectivity index (χ3n) is 3.25. The lowest BCUT2D eigenvalue weighted by atomic mass is 10.1. The summed E-state index contributed by atoms with van der Waals surface area (Å²) in [5.74, 6) is -0.346. The number of halogens is 1. The molecule has 0 aliphatic rings. The molecule has 0 aliphatic carbocycles. The summed E-state index contributed by atoms with van der Waals surface area (Å²) in [4.78, 5) is 11.4. The summed E-state index contributed by atoms with van der Waals surface area (Å²) in [5, 5.41) is 19.4. The number of alkyl halides is 1. The Kier molecular flexibility index (Phi) is 4.82. The van der Waals surface area contributed by atoms with E-state index in [1.807, 2.05) is 30.3 Å². The lowest BCUT2D eigenvalue weighted by molar-refractivity contribution is 0.223. The van der Waals surface area contributed by atoms with Crippen molar-refractivity contribution in [3.8, 4) is 5.75 Å². The second kappa shape index (κ2) is 6.59. The van der Waals surface area contributed by atoms with Crippen LogP contribution in [0.3, 0.4) is 0 Å². The van der Waals surface area contributed by atoms with Crippen LogP contribution in [0.5, 0.6) is 5.75 Å². The molecule has 1 atom stereocenters. The minimum atomic E-state index is -0.465. The van der Waals surface area contributed by atoms with Gasteiger partial charge in [-0.2, -0.15) is 0 Å². The van der Waals surface area contributed by atoms with Crippen LogP contribution >= 0.6 is 11.6 Å². The topological polar surface area (TPSA) is 62.5 Å². The average molecular weight is 294 g/mol. The van der Waals surface area contributed by atoms with Crippen molar-refractivity contribution < 1.29 is 10.2 Å². The van der Waals surface area contributed by atoms with E-state index in [1.165, 1.54) is 6.07 Å². The second-order valence-electron chi connectivity index (χ2n) is 4.54. The van der Waals surface area contributed by atoms with Gasteiger partial charge in [0.15, 0.2) is 5.75 Å². The summed E-state index contributed by atoms with van der Waals surface area (Å²) >= 11 is 5.81. The predicted molar refractivity (Wildman–Crippen MR) is 78.2 cm³/mol. The van der Waals surface area contributed by atoms with Crippen molar-refractivity contribution in [2.45, 2.75) is 18.3 Å². The maximum absolute atomic E-state index is 11.4. The Morgan fingerprint density at radius 1 is 1.20 bits per heavy atom. The zero-order chi connectivity index (χ0) is 14.5. The Bertz CT molecular complexity index is 625. The predicted octanol–water partition coefficient (Wildman–Crippen LogP) is 2.07. The lowest BCUT2D eigenvalue weighted by Gasteiger charge is -2.22. The first-order valence-corrected chi connectivity index (χ1v) is 6.84. The molecular formula is C15H16ClNO3. The molecular weight excluding hydrogens is 278 g/mol. The van der Waals surface area contributed by atoms with Crippen molar-refractivity contribution in [1.29, 1.82) is 0 Å². The number of hydrogen-bond acceptors (Lipinski definition) is 3. The number of benzene rings is 1. The van der Waals surface area contributed by atoms with E-state index < -0.39 is 5.43 Å². The van der Waals surface area contributed by atoms with Gasteiger partial charge in [0.2, 0.25) is 5.43 Å². The molecule has 0 bridgehead atoms. The van der Waals surface area contributed by atoms with Crippen LogP contribution in [0, 0.1) is 0 Å². The maximum atomic E-state index is 11.4. The van der Waals surface area contributed by atoms with Crippen LogP contribution in [0.25, 0.3) is 0 Å². The van der Waals surface area contributed by atoms with Gasteiger partial charge in [-0.25, -0.2) is 0 Å². The van der Waals surface area contributed by atoms with E-state index in [9.17, 15) is 15.0 Å². The van der Waals surface area contributed by atoms with Crippen molar-refractivity contribution in [2.24, 2.45) is 0 Å². The molecule has 2 rings (SSSR count). The molecule has 1 aromatic carbocycles. The number of aromatic hydroxyl groups is 1. The SMILES string of the molecule is O=c1ccn([C@H](CO)Cc2ccccc2)c(CCl)c1O. The first kappa shape index (κ1) is 14.6. The van der Waals surface area contributed by atoms with E-state index in [-0.39, 0.29) is 24.3 Å². The molecule has 20 heavy (non-hydrogen) atoms. The van der Waals surface area contributed by atoms with Gasteiger partial charge in [-0.1, -0.05) is 30.3 Å². The highest BCUT2D eigenvalue weighted by Crippen LogP contribution is 2.21. The van der Waals surface area contributed by atoms with E-state index in [0.29, 0.717) is 12.1 Å². The maximum Gasteiger partial charge on any atom is 0.223 e. The molecule has 2 N–H and O–H groups in total. The first-order chi connectivity index (χ1) is 9.67. The molecule has 0 saturated carbocycles. The molecule has 1 heterocycles. The van der Waals surface area contributed by atoms with Crippen LogP contribution in [0.4, 0.5) is 0 Å². The number of rotatable bonds is 5. The quantitative estimate of drug-likeness (QED) is 0.830. The summed E-state index contributed by atoms with van der Waals surface area (Å²) in [6.45, 7) is -0.110. The van der Waals surface area contributed by atoms with E-state index >= 15 is 0 Å². The molecule has 1 aromatic heterocycles. The third-order valence-corrected chi connectivity index (χ3v) is 3.50. The lowest BCUT2D eigenvalue weighted by Crippen LogP contribution is -2.21. The number of aliphatic hydroxyl groups excluding tert-OH is 1. The number of pyridine rings is 1. The molecule has 0 unspecified atom stereocenters. The molecule has 0 aliphatic heterocycles. The van der Waals surface area contributed by atoms with Crippen molar-refractivity contribution in [1.82, 2.24) is 4.57 Å². The van der Waals surface area contributed by atoms with Gasteiger partial charge in [-0.3, -0.25) is 4.79 Å². The van der Waals surface area contributed by atoms with E-state index in [0.717, 1.165) is 5.56 Å². The van der Waals surface area contributed by atoms with Gasteiger partial charge in [0.05, 0.1) is 24.2 Å². The van der Waals surface area contributed by atoms with E-state index in [2.05, 4.69) is 0 Å². The highest BCUT2D eigenvalue weighted by atomic mass is 35.5. The Morgan fingerprint density at radius 2 is 1.90 bits per heavy atom. The Labute approximate surface area is 121 Å². The fourth-order valence-electron chi connectivity index (χ4n) is 2.19. The molecule has 4 nitrogen and oxygen atoms in total. The summed E-state index contributed by atoms with van der Waals surface area (Å²) < 4.78 is 1.66. The zero-order valence-electron chi connectivity index (χ0n) is 10.9. The molecule has 0 amide bonds. The molecule has 0 fully saturated rings. The van der Waals surface area contributed by atoms with Gasteiger partial charge in [0.25, 0.3) is 0 Å². The average Bonchev–Trinajstić information content (AvgIpc) is 2.48. The summed E-state index contributed by atoms with van der Waals surface area (Å²) in [7, 11) is 0. The minimum absolute atomic E-state index is 0.00715. The Morgan fingerprint density at radius 3 is 2.50 bits per heavy atom. The summed E-state index contributed by atoms with van der Waals surface area (Å²) in [6, 6.07) is 10.7. The summed E-state index contributed by atoms with van der Waals surface area (Å²) in [5.41, 5.74) is 0.924. The van der Waals surface area contributed by atoms with Crippen molar-refractivity contribution in [2.75, 3.05) is 6.61 Å². The van der Waals surface area contributed by atoms with Crippen LogP contribution in [0.1, 0.15) is 17.3 Å². The standard InChI is InChI=1S/C15H16ClNO3/c16-9-13-15(20)14(19)6-7-17(13)12(10-18)8-11-4-2-1-3-5-11/h1-7,12,18,20H,8-10H2/t12-/m0/s1. The van der Waals surface area contributed by atoms with E-state index in [4.69, 9.17) is 11.6 Å². The number of nitrogens with zero attached hydrogens (tertiary/aromatic N) is 1. The number of hydrogen-bond donors (Lipinski definition) is 2. The Balaban J connectivity index is 2.37. The number of aromatic nitrogens is 1. The zero-order valence-corrected chi connectivity index (χ0v) is 11.6. The fourth-order valence-corrected chi connectivity index (χ4v) is 2.46. The molecule has 2 aromatic rings. The molecule has 106 valence electrons. The largest absolute Gasteiger partial charge is 0.503 e. The van der Waals surface area contributed by atoms with Gasteiger partial charge in [0.1, 0.15) is 0 Å². The number of aliphatic hydroxyl groups is 1. The molecule has 0 saturated heterocycles. The van der Waals surface area contributed by atoms with Crippen LogP contribution < -0.4 is 5.43 Å². The molecule has 0 spiro atoms. The van der Waals surface area contributed by atoms with Gasteiger partial charge in [-0.15, -0.1) is 11.6 Å². The van der Waals surface area contributed by atoms with Crippen molar-refractivity contribution >= 4 is 11.6 Å². The Hall–Kier alpha value is -1.78. The minimum Gasteiger partial charge on any atom is -0.503 e. The van der Waals surface area contributed by atoms with Crippen LogP contribution in [-0.4, -0.2) is 21.4 Å². The van der Waals surface area contributed by atoms with Crippen molar-refractivity contribution in [3.05, 3.63) is 64.1 Å². The van der Waals surface area contributed by atoms with Gasteiger partial charge in [0, 0.05) is 12.3 Å². The first-order valence-electron chi connectivity index (χ1n) is 6.31. The smallest absolute Gasteiger partial charge is 0.223 e. The van der Waals surface area contributed by atoms with Gasteiger partial charge in [-0.05, 0) is 12.0 Å². The molecule has 0 radical (unpaired) electrons. The van der Waals surface area contributed by atoms with Gasteiger partial charge < -0.3 is 14.8 Å². The fraction of sp³-hybridized carbons (Fsp3) is 0.267.